The van der Waals surface area contributed by atoms with E-state index in [2.05, 4.69) is 28.8 Å². The lowest BCUT2D eigenvalue weighted by atomic mass is 9.87. The Balaban J connectivity index is 1.40. The summed E-state index contributed by atoms with van der Waals surface area (Å²) in [5.74, 6) is 1.37. The van der Waals surface area contributed by atoms with Gasteiger partial charge < -0.3 is 10.6 Å². The molecule has 1 atom stereocenters. The summed E-state index contributed by atoms with van der Waals surface area (Å²) in [5.41, 5.74) is 2.48. The summed E-state index contributed by atoms with van der Waals surface area (Å²) in [6.45, 7) is 1.74. The number of anilines is 1. The zero-order chi connectivity index (χ0) is 14.5. The first-order chi connectivity index (χ1) is 10.3. The molecule has 1 aromatic carbocycles. The average Bonchev–Trinajstić information content (AvgIpc) is 2.92. The molecule has 2 aliphatic rings. The molecule has 3 nitrogen and oxygen atoms in total. The number of hydrogen-bond donors (Lipinski definition) is 2. The molecule has 3 heteroatoms. The van der Waals surface area contributed by atoms with Crippen LogP contribution in [0.25, 0.3) is 0 Å². The highest BCUT2D eigenvalue weighted by atomic mass is 16.1. The molecule has 1 fully saturated rings. The predicted octanol–water partition coefficient (Wildman–Crippen LogP) is 3.67. The topological polar surface area (TPSA) is 41.1 Å². The number of carbonyl (C=O) groups excluding carboxylic acids is 1. The Morgan fingerprint density at radius 1 is 1.19 bits per heavy atom. The maximum atomic E-state index is 12.1. The minimum absolute atomic E-state index is 0.203. The normalized spacial score (nSPS) is 21.6. The van der Waals surface area contributed by atoms with E-state index in [0.717, 1.165) is 25.4 Å². The van der Waals surface area contributed by atoms with Gasteiger partial charge in [-0.1, -0.05) is 50.3 Å². The molecule has 2 N–H and O–H groups in total. The maximum absolute atomic E-state index is 12.1. The summed E-state index contributed by atoms with van der Waals surface area (Å²) < 4.78 is 0. The van der Waals surface area contributed by atoms with Crippen molar-refractivity contribution in [2.45, 2.75) is 50.9 Å². The van der Waals surface area contributed by atoms with Crippen molar-refractivity contribution in [2.75, 3.05) is 18.4 Å². The SMILES string of the molecule is O=C(CC1CNc2ccccc21)NCCC1CCCCC1. The van der Waals surface area contributed by atoms with Crippen molar-refractivity contribution in [2.24, 2.45) is 5.92 Å². The minimum Gasteiger partial charge on any atom is -0.384 e. The van der Waals surface area contributed by atoms with Crippen molar-refractivity contribution in [1.82, 2.24) is 5.32 Å². The van der Waals surface area contributed by atoms with Crippen LogP contribution >= 0.6 is 0 Å². The molecule has 1 aromatic rings. The van der Waals surface area contributed by atoms with Crippen LogP contribution in [0.1, 0.15) is 56.4 Å². The molecule has 1 aliphatic carbocycles. The van der Waals surface area contributed by atoms with Gasteiger partial charge in [0.2, 0.25) is 5.91 Å². The molecule has 21 heavy (non-hydrogen) atoms. The predicted molar refractivity (Wildman–Crippen MR) is 86.5 cm³/mol. The van der Waals surface area contributed by atoms with Gasteiger partial charge in [0.1, 0.15) is 0 Å². The number of hydrogen-bond acceptors (Lipinski definition) is 2. The van der Waals surface area contributed by atoms with Crippen molar-refractivity contribution < 1.29 is 4.79 Å². The van der Waals surface area contributed by atoms with Crippen LogP contribution in [0.15, 0.2) is 24.3 Å². The molecule has 1 aliphatic heterocycles. The number of benzene rings is 1. The molecule has 1 saturated carbocycles. The van der Waals surface area contributed by atoms with Gasteiger partial charge in [-0.3, -0.25) is 4.79 Å². The summed E-state index contributed by atoms with van der Waals surface area (Å²) in [6, 6.07) is 8.32. The fourth-order valence-electron chi connectivity index (χ4n) is 3.73. The van der Waals surface area contributed by atoms with E-state index in [-0.39, 0.29) is 5.91 Å². The number of para-hydroxylation sites is 1. The first-order valence-corrected chi connectivity index (χ1v) is 8.42. The molecule has 0 radical (unpaired) electrons. The Labute approximate surface area is 127 Å². The van der Waals surface area contributed by atoms with Gasteiger partial charge in [-0.05, 0) is 24.0 Å². The Kier molecular flexibility index (Phi) is 4.79. The first kappa shape index (κ1) is 14.4. The van der Waals surface area contributed by atoms with Gasteiger partial charge in [0.05, 0.1) is 0 Å². The van der Waals surface area contributed by atoms with Gasteiger partial charge in [0.25, 0.3) is 0 Å². The molecule has 0 spiro atoms. The van der Waals surface area contributed by atoms with Crippen LogP contribution in [0.2, 0.25) is 0 Å². The molecular weight excluding hydrogens is 260 g/mol. The third kappa shape index (κ3) is 3.78. The second kappa shape index (κ2) is 6.97. The van der Waals surface area contributed by atoms with Crippen LogP contribution < -0.4 is 10.6 Å². The zero-order valence-corrected chi connectivity index (χ0v) is 12.7. The average molecular weight is 286 g/mol. The highest BCUT2D eigenvalue weighted by molar-refractivity contribution is 5.78. The number of nitrogens with one attached hydrogen (secondary N) is 2. The molecule has 1 unspecified atom stereocenters. The summed E-state index contributed by atoms with van der Waals surface area (Å²) in [6.07, 6.45) is 8.63. The van der Waals surface area contributed by atoms with E-state index < -0.39 is 0 Å². The van der Waals surface area contributed by atoms with Crippen molar-refractivity contribution in [3.05, 3.63) is 29.8 Å². The van der Waals surface area contributed by atoms with Crippen LogP contribution in [-0.2, 0) is 4.79 Å². The molecule has 1 amide bonds. The summed E-state index contributed by atoms with van der Waals surface area (Å²) >= 11 is 0. The largest absolute Gasteiger partial charge is 0.384 e. The quantitative estimate of drug-likeness (QED) is 0.867. The summed E-state index contributed by atoms with van der Waals surface area (Å²) in [7, 11) is 0. The fourth-order valence-corrected chi connectivity index (χ4v) is 3.73. The molecule has 114 valence electrons. The van der Waals surface area contributed by atoms with Gasteiger partial charge >= 0.3 is 0 Å². The smallest absolute Gasteiger partial charge is 0.220 e. The maximum Gasteiger partial charge on any atom is 0.220 e. The molecule has 0 aromatic heterocycles. The summed E-state index contributed by atoms with van der Waals surface area (Å²) in [5, 5.41) is 6.50. The lowest BCUT2D eigenvalue weighted by molar-refractivity contribution is -0.121. The van der Waals surface area contributed by atoms with E-state index in [1.807, 2.05) is 6.07 Å². The van der Waals surface area contributed by atoms with Crippen LogP contribution in [0.3, 0.4) is 0 Å². The van der Waals surface area contributed by atoms with E-state index in [9.17, 15) is 4.79 Å². The van der Waals surface area contributed by atoms with E-state index in [0.29, 0.717) is 12.3 Å². The van der Waals surface area contributed by atoms with Crippen molar-refractivity contribution in [3.8, 4) is 0 Å². The van der Waals surface area contributed by atoms with Crippen molar-refractivity contribution in [1.29, 1.82) is 0 Å². The molecule has 3 rings (SSSR count). The lowest BCUT2D eigenvalue weighted by Gasteiger charge is -2.21. The fraction of sp³-hybridized carbons (Fsp3) is 0.611. The number of amides is 1. The number of fused-ring (bicyclic) bond motifs is 1. The van der Waals surface area contributed by atoms with Crippen LogP contribution in [-0.4, -0.2) is 19.0 Å². The molecule has 0 bridgehead atoms. The Morgan fingerprint density at radius 2 is 2.00 bits per heavy atom. The minimum atomic E-state index is 0.203. The monoisotopic (exact) mass is 286 g/mol. The van der Waals surface area contributed by atoms with Crippen molar-refractivity contribution in [3.63, 3.8) is 0 Å². The Morgan fingerprint density at radius 3 is 2.86 bits per heavy atom. The Hall–Kier alpha value is -1.51. The van der Waals surface area contributed by atoms with E-state index in [1.54, 1.807) is 0 Å². The third-order valence-electron chi connectivity index (χ3n) is 4.97. The number of rotatable bonds is 5. The molecule has 1 heterocycles. The molecule has 0 saturated heterocycles. The lowest BCUT2D eigenvalue weighted by Crippen LogP contribution is -2.28. The van der Waals surface area contributed by atoms with E-state index >= 15 is 0 Å². The zero-order valence-electron chi connectivity index (χ0n) is 12.7. The third-order valence-corrected chi connectivity index (χ3v) is 4.97. The van der Waals surface area contributed by atoms with Gasteiger partial charge in [0, 0.05) is 31.1 Å². The Bertz CT molecular complexity index is 480. The van der Waals surface area contributed by atoms with Crippen LogP contribution in [0.5, 0.6) is 0 Å². The molecular formula is C18H26N2O. The van der Waals surface area contributed by atoms with Crippen LogP contribution in [0, 0.1) is 5.92 Å². The van der Waals surface area contributed by atoms with Gasteiger partial charge in [-0.2, -0.15) is 0 Å². The van der Waals surface area contributed by atoms with Crippen molar-refractivity contribution >= 4 is 11.6 Å². The van der Waals surface area contributed by atoms with Gasteiger partial charge in [-0.25, -0.2) is 0 Å². The van der Waals surface area contributed by atoms with Gasteiger partial charge in [0.15, 0.2) is 0 Å². The highest BCUT2D eigenvalue weighted by Gasteiger charge is 2.23. The second-order valence-corrected chi connectivity index (χ2v) is 6.51. The highest BCUT2D eigenvalue weighted by Crippen LogP contribution is 2.33. The first-order valence-electron chi connectivity index (χ1n) is 8.42. The number of carbonyl (C=O) groups is 1. The standard InChI is InChI=1S/C18H26N2O/c21-18(19-11-10-14-6-2-1-3-7-14)12-15-13-20-17-9-5-4-8-16(15)17/h4-5,8-9,14-15,20H,1-3,6-7,10-13H2,(H,19,21). The van der Waals surface area contributed by atoms with Crippen LogP contribution in [0.4, 0.5) is 5.69 Å². The van der Waals surface area contributed by atoms with E-state index in [1.165, 1.54) is 43.4 Å². The van der Waals surface area contributed by atoms with E-state index in [4.69, 9.17) is 0 Å². The second-order valence-electron chi connectivity index (χ2n) is 6.51. The summed E-state index contributed by atoms with van der Waals surface area (Å²) in [4.78, 5) is 12.1. The van der Waals surface area contributed by atoms with Gasteiger partial charge in [-0.15, -0.1) is 0 Å².